The number of rotatable bonds is 4. The molecule has 0 aromatic carbocycles. The van der Waals surface area contributed by atoms with Gasteiger partial charge in [0.25, 0.3) is 0 Å². The van der Waals surface area contributed by atoms with Gasteiger partial charge in [0.05, 0.1) is 0 Å². The maximum absolute atomic E-state index is 5.08. The Labute approximate surface area is 108 Å². The summed E-state index contributed by atoms with van der Waals surface area (Å²) in [5.74, 6) is 0.962. The van der Waals surface area contributed by atoms with Crippen LogP contribution in [0.4, 0.5) is 0 Å². The molecule has 0 aliphatic heterocycles. The third-order valence-electron chi connectivity index (χ3n) is 1.94. The number of H-pyrrole nitrogens is 1. The zero-order valence-electron chi connectivity index (χ0n) is 9.19. The van der Waals surface area contributed by atoms with Gasteiger partial charge in [0.2, 0.25) is 0 Å². The topological polar surface area (TPSA) is 36.9 Å². The van der Waals surface area contributed by atoms with Crippen LogP contribution < -0.4 is 0 Å². The summed E-state index contributed by atoms with van der Waals surface area (Å²) in [5.41, 5.74) is 0. The minimum Gasteiger partial charge on any atom is -0.309 e. The summed E-state index contributed by atoms with van der Waals surface area (Å²) in [6.45, 7) is 3.98. The first-order valence-electron chi connectivity index (χ1n) is 4.38. The first-order valence-corrected chi connectivity index (χ1v) is 4.78. The van der Waals surface area contributed by atoms with E-state index < -0.39 is 0 Å². The van der Waals surface area contributed by atoms with Crippen LogP contribution in [0, 0.1) is 11.7 Å². The van der Waals surface area contributed by atoms with Crippen molar-refractivity contribution in [1.29, 1.82) is 0 Å². The molecular weight excluding hydrogens is 255 g/mol. The summed E-state index contributed by atoms with van der Waals surface area (Å²) in [6.07, 6.45) is 1.10. The highest BCUT2D eigenvalue weighted by molar-refractivity contribution is 7.71. The summed E-state index contributed by atoms with van der Waals surface area (Å²) < 4.78 is 2.75. The second-order valence-corrected chi connectivity index (χ2v) is 3.77. The van der Waals surface area contributed by atoms with Gasteiger partial charge in [-0.1, -0.05) is 0 Å². The molecule has 1 rings (SSSR count). The number of halogens is 2. The molecule has 0 saturated carbocycles. The van der Waals surface area contributed by atoms with Crippen molar-refractivity contribution in [3.63, 3.8) is 0 Å². The fourth-order valence-corrected chi connectivity index (χ4v) is 1.47. The largest absolute Gasteiger partial charge is 0.309 e. The van der Waals surface area contributed by atoms with Gasteiger partial charge in [-0.3, -0.25) is 5.10 Å². The number of nitrogens with one attached hydrogen (secondary N) is 1. The minimum absolute atomic E-state index is 0. The Morgan fingerprint density at radius 3 is 2.40 bits per heavy atom. The summed E-state index contributed by atoms with van der Waals surface area (Å²) in [6, 6.07) is 0. The van der Waals surface area contributed by atoms with Crippen molar-refractivity contribution >= 4 is 37.0 Å². The van der Waals surface area contributed by atoms with Crippen molar-refractivity contribution in [2.24, 2.45) is 0 Å². The van der Waals surface area contributed by atoms with E-state index >= 15 is 0 Å². The molecule has 0 amide bonds. The fraction of sp³-hybridized carbons (Fsp3) is 0.750. The van der Waals surface area contributed by atoms with Gasteiger partial charge in [0.15, 0.2) is 4.77 Å². The second kappa shape index (κ2) is 8.10. The molecule has 90 valence electrons. The van der Waals surface area contributed by atoms with E-state index in [0.29, 0.717) is 0 Å². The molecule has 0 aliphatic rings. The lowest BCUT2D eigenvalue weighted by molar-refractivity contribution is 0.384. The molecule has 1 aromatic heterocycles. The van der Waals surface area contributed by atoms with Crippen molar-refractivity contribution < 1.29 is 0 Å². The zero-order chi connectivity index (χ0) is 9.84. The molecule has 0 bridgehead atoms. The van der Waals surface area contributed by atoms with Crippen molar-refractivity contribution in [3.8, 4) is 0 Å². The number of aryl methyl sites for hydroxylation is 1. The number of nitrogens with zero attached hydrogens (tertiary/aromatic N) is 3. The molecular formula is C8H18Cl2N4S. The first kappa shape index (κ1) is 17.3. The van der Waals surface area contributed by atoms with E-state index in [4.69, 9.17) is 12.2 Å². The first-order chi connectivity index (χ1) is 6.11. The van der Waals surface area contributed by atoms with Gasteiger partial charge in [0.1, 0.15) is 5.82 Å². The molecule has 0 radical (unpaired) electrons. The molecule has 7 heteroatoms. The molecule has 1 N–H and O–H groups in total. The van der Waals surface area contributed by atoms with E-state index in [2.05, 4.69) is 29.2 Å². The highest BCUT2D eigenvalue weighted by Gasteiger charge is 1.99. The number of hydrogen-bond acceptors (Lipinski definition) is 3. The van der Waals surface area contributed by atoms with E-state index in [1.165, 1.54) is 0 Å². The Bertz CT molecular complexity index is 321. The molecule has 1 heterocycles. The van der Waals surface area contributed by atoms with Crippen molar-refractivity contribution in [2.45, 2.75) is 19.9 Å². The molecule has 4 nitrogen and oxygen atoms in total. The average Bonchev–Trinajstić information content (AvgIpc) is 2.34. The number of hydrogen-bond donors (Lipinski definition) is 1. The summed E-state index contributed by atoms with van der Waals surface area (Å²) in [7, 11) is 4.14. The predicted molar refractivity (Wildman–Crippen MR) is 69.8 cm³/mol. The Hall–Kier alpha value is -0.100. The Balaban J connectivity index is 0. The van der Waals surface area contributed by atoms with Crippen LogP contribution in [0.25, 0.3) is 0 Å². The molecule has 0 fully saturated rings. The molecule has 0 atom stereocenters. The van der Waals surface area contributed by atoms with Crippen LogP contribution in [0.5, 0.6) is 0 Å². The smallest absolute Gasteiger partial charge is 0.195 e. The van der Waals surface area contributed by atoms with Crippen molar-refractivity contribution in [3.05, 3.63) is 10.6 Å². The highest BCUT2D eigenvalue weighted by Crippen LogP contribution is 1.98. The average molecular weight is 273 g/mol. The Morgan fingerprint density at radius 1 is 1.40 bits per heavy atom. The zero-order valence-corrected chi connectivity index (χ0v) is 11.6. The Morgan fingerprint density at radius 2 is 2.00 bits per heavy atom. The quantitative estimate of drug-likeness (QED) is 0.853. The number of aromatic amines is 1. The molecule has 0 spiro atoms. The second-order valence-electron chi connectivity index (χ2n) is 3.38. The fourth-order valence-electron chi connectivity index (χ4n) is 1.20. The van der Waals surface area contributed by atoms with Crippen LogP contribution in [0.15, 0.2) is 0 Å². The lowest BCUT2D eigenvalue weighted by Crippen LogP contribution is -2.15. The van der Waals surface area contributed by atoms with E-state index in [9.17, 15) is 0 Å². The highest BCUT2D eigenvalue weighted by atomic mass is 35.5. The van der Waals surface area contributed by atoms with Gasteiger partial charge in [-0.05, 0) is 46.2 Å². The summed E-state index contributed by atoms with van der Waals surface area (Å²) in [5, 5.41) is 6.82. The lowest BCUT2D eigenvalue weighted by atomic mass is 10.4. The van der Waals surface area contributed by atoms with Crippen LogP contribution in [0.2, 0.25) is 0 Å². The van der Waals surface area contributed by atoms with Crippen molar-refractivity contribution in [1.82, 2.24) is 19.7 Å². The standard InChI is InChI=1S/C8H16N4S.2ClH/c1-7-9-10-8(13)12(7)6-4-5-11(2)3;;/h4-6H2,1-3H3,(H,10,13);2*1H. The molecule has 15 heavy (non-hydrogen) atoms. The summed E-state index contributed by atoms with van der Waals surface area (Å²) >= 11 is 5.08. The van der Waals surface area contributed by atoms with Crippen LogP contribution >= 0.6 is 37.0 Å². The van der Waals surface area contributed by atoms with Gasteiger partial charge >= 0.3 is 0 Å². The van der Waals surface area contributed by atoms with Gasteiger partial charge in [0, 0.05) is 6.54 Å². The van der Waals surface area contributed by atoms with Crippen LogP contribution in [0.3, 0.4) is 0 Å². The third-order valence-corrected chi connectivity index (χ3v) is 2.25. The number of aromatic nitrogens is 3. The lowest BCUT2D eigenvalue weighted by Gasteiger charge is -2.09. The Kier molecular flexibility index (Phi) is 9.34. The van der Waals surface area contributed by atoms with E-state index in [1.807, 2.05) is 11.5 Å². The van der Waals surface area contributed by atoms with Gasteiger partial charge in [-0.2, -0.15) is 5.10 Å². The SMILES string of the molecule is Cc1n[nH]c(=S)n1CCCN(C)C.Cl.Cl. The normalized spacial score (nSPS) is 9.60. The summed E-state index contributed by atoms with van der Waals surface area (Å²) in [4.78, 5) is 2.17. The minimum atomic E-state index is 0. The van der Waals surface area contributed by atoms with Crippen LogP contribution in [-0.2, 0) is 6.54 Å². The molecule has 0 unspecified atom stereocenters. The van der Waals surface area contributed by atoms with Gasteiger partial charge < -0.3 is 9.47 Å². The van der Waals surface area contributed by atoms with Crippen LogP contribution in [0.1, 0.15) is 12.2 Å². The molecule has 0 saturated heterocycles. The van der Waals surface area contributed by atoms with Gasteiger partial charge in [-0.25, -0.2) is 0 Å². The van der Waals surface area contributed by atoms with Crippen molar-refractivity contribution in [2.75, 3.05) is 20.6 Å². The van der Waals surface area contributed by atoms with Gasteiger partial charge in [-0.15, -0.1) is 24.8 Å². The maximum atomic E-state index is 5.08. The molecule has 0 aliphatic carbocycles. The van der Waals surface area contributed by atoms with E-state index in [0.717, 1.165) is 30.1 Å². The van der Waals surface area contributed by atoms with E-state index in [-0.39, 0.29) is 24.8 Å². The van der Waals surface area contributed by atoms with Crippen LogP contribution in [-0.4, -0.2) is 40.3 Å². The van der Waals surface area contributed by atoms with E-state index in [1.54, 1.807) is 0 Å². The maximum Gasteiger partial charge on any atom is 0.195 e. The monoisotopic (exact) mass is 272 g/mol. The molecule has 1 aromatic rings. The third kappa shape index (κ3) is 5.51. The predicted octanol–water partition coefficient (Wildman–Crippen LogP) is 2.04.